The predicted molar refractivity (Wildman–Crippen MR) is 49.9 cm³/mol. The number of ether oxygens (including phenoxy) is 2. The third-order valence-electron chi connectivity index (χ3n) is 1.89. The van der Waals surface area contributed by atoms with Crippen molar-refractivity contribution in [2.24, 2.45) is 0 Å². The lowest BCUT2D eigenvalue weighted by atomic mass is 10.2. The van der Waals surface area contributed by atoms with E-state index in [-0.39, 0.29) is 0 Å². The monoisotopic (exact) mass is 228 g/mol. The highest BCUT2D eigenvalue weighted by molar-refractivity contribution is 9.10. The SMILES string of the molecule is Cc1c(Br)ccc2c1OCCO2. The molecule has 0 saturated heterocycles. The Bertz CT molecular complexity index is 310. The van der Waals surface area contributed by atoms with Gasteiger partial charge in [0.05, 0.1) is 0 Å². The van der Waals surface area contributed by atoms with Crippen LogP contribution >= 0.6 is 15.9 Å². The molecule has 0 fully saturated rings. The Morgan fingerprint density at radius 2 is 2.00 bits per heavy atom. The molecule has 2 rings (SSSR count). The van der Waals surface area contributed by atoms with E-state index in [0.29, 0.717) is 13.2 Å². The molecule has 0 unspecified atom stereocenters. The minimum atomic E-state index is 0.643. The van der Waals surface area contributed by atoms with Crippen LogP contribution in [-0.4, -0.2) is 13.2 Å². The van der Waals surface area contributed by atoms with Gasteiger partial charge in [-0.05, 0) is 19.1 Å². The summed E-state index contributed by atoms with van der Waals surface area (Å²) in [5.41, 5.74) is 1.10. The number of hydrogen-bond donors (Lipinski definition) is 0. The molecule has 3 heteroatoms. The smallest absolute Gasteiger partial charge is 0.165 e. The lowest BCUT2D eigenvalue weighted by Gasteiger charge is -2.20. The molecular formula is C9H9BrO2. The summed E-state index contributed by atoms with van der Waals surface area (Å²) in [5.74, 6) is 1.72. The lowest BCUT2D eigenvalue weighted by Crippen LogP contribution is -2.16. The molecule has 0 saturated carbocycles. The van der Waals surface area contributed by atoms with Crippen molar-refractivity contribution in [2.45, 2.75) is 6.92 Å². The normalized spacial score (nSPS) is 14.5. The Morgan fingerprint density at radius 1 is 1.25 bits per heavy atom. The molecule has 0 N–H and O–H groups in total. The maximum absolute atomic E-state index is 5.48. The molecule has 1 aliphatic rings. The topological polar surface area (TPSA) is 18.5 Å². The number of hydrogen-bond acceptors (Lipinski definition) is 2. The summed E-state index contributed by atoms with van der Waals surface area (Å²) in [6.07, 6.45) is 0. The van der Waals surface area contributed by atoms with E-state index < -0.39 is 0 Å². The zero-order valence-electron chi connectivity index (χ0n) is 6.76. The van der Waals surface area contributed by atoms with Crippen molar-refractivity contribution in [1.29, 1.82) is 0 Å². The van der Waals surface area contributed by atoms with E-state index >= 15 is 0 Å². The van der Waals surface area contributed by atoms with Crippen LogP contribution < -0.4 is 9.47 Å². The van der Waals surface area contributed by atoms with Crippen molar-refractivity contribution in [2.75, 3.05) is 13.2 Å². The van der Waals surface area contributed by atoms with E-state index in [1.54, 1.807) is 0 Å². The second-order valence-electron chi connectivity index (χ2n) is 2.70. The van der Waals surface area contributed by atoms with Crippen molar-refractivity contribution in [3.8, 4) is 11.5 Å². The average molecular weight is 229 g/mol. The third-order valence-corrected chi connectivity index (χ3v) is 2.75. The maximum Gasteiger partial charge on any atom is 0.165 e. The summed E-state index contributed by atoms with van der Waals surface area (Å²) < 4.78 is 12.0. The first kappa shape index (κ1) is 7.92. The number of fused-ring (bicyclic) bond motifs is 1. The lowest BCUT2D eigenvalue weighted by molar-refractivity contribution is 0.170. The van der Waals surface area contributed by atoms with Gasteiger partial charge in [-0.25, -0.2) is 0 Å². The van der Waals surface area contributed by atoms with Crippen LogP contribution in [0.2, 0.25) is 0 Å². The second kappa shape index (κ2) is 2.98. The van der Waals surface area contributed by atoms with Crippen LogP contribution in [0, 0.1) is 6.92 Å². The van der Waals surface area contributed by atoms with Crippen LogP contribution in [0.15, 0.2) is 16.6 Å². The molecule has 2 nitrogen and oxygen atoms in total. The number of benzene rings is 1. The maximum atomic E-state index is 5.48. The van der Waals surface area contributed by atoms with Crippen molar-refractivity contribution in [1.82, 2.24) is 0 Å². The highest BCUT2D eigenvalue weighted by atomic mass is 79.9. The van der Waals surface area contributed by atoms with Crippen molar-refractivity contribution in [3.63, 3.8) is 0 Å². The molecule has 0 radical (unpaired) electrons. The van der Waals surface area contributed by atoms with Gasteiger partial charge in [-0.1, -0.05) is 15.9 Å². The van der Waals surface area contributed by atoms with E-state index in [0.717, 1.165) is 21.5 Å². The molecule has 1 heterocycles. The van der Waals surface area contributed by atoms with Crippen LogP contribution in [0.1, 0.15) is 5.56 Å². The minimum Gasteiger partial charge on any atom is -0.486 e. The Hall–Kier alpha value is -0.700. The summed E-state index contributed by atoms with van der Waals surface area (Å²) in [4.78, 5) is 0. The molecule has 64 valence electrons. The molecular weight excluding hydrogens is 220 g/mol. The molecule has 0 aromatic heterocycles. The highest BCUT2D eigenvalue weighted by Crippen LogP contribution is 2.37. The number of halogens is 1. The van der Waals surface area contributed by atoms with E-state index in [1.165, 1.54) is 0 Å². The Morgan fingerprint density at radius 3 is 2.83 bits per heavy atom. The molecule has 0 aliphatic carbocycles. The third kappa shape index (κ3) is 1.18. The Labute approximate surface area is 79.6 Å². The highest BCUT2D eigenvalue weighted by Gasteiger charge is 2.14. The van der Waals surface area contributed by atoms with Gasteiger partial charge in [-0.2, -0.15) is 0 Å². The van der Waals surface area contributed by atoms with E-state index in [9.17, 15) is 0 Å². The first-order valence-corrected chi connectivity index (χ1v) is 4.63. The summed E-state index contributed by atoms with van der Waals surface area (Å²) in [6, 6.07) is 3.90. The van der Waals surface area contributed by atoms with Gasteiger partial charge in [0.2, 0.25) is 0 Å². The van der Waals surface area contributed by atoms with Crippen LogP contribution in [0.4, 0.5) is 0 Å². The molecule has 0 spiro atoms. The molecule has 1 aromatic carbocycles. The Balaban J connectivity index is 2.54. The fourth-order valence-corrected chi connectivity index (χ4v) is 1.54. The summed E-state index contributed by atoms with van der Waals surface area (Å²) in [6.45, 7) is 3.30. The summed E-state index contributed by atoms with van der Waals surface area (Å²) in [7, 11) is 0. The second-order valence-corrected chi connectivity index (χ2v) is 3.55. The van der Waals surface area contributed by atoms with Gasteiger partial charge in [0.1, 0.15) is 13.2 Å². The molecule has 12 heavy (non-hydrogen) atoms. The average Bonchev–Trinajstić information content (AvgIpc) is 2.12. The first-order valence-electron chi connectivity index (χ1n) is 3.84. The number of rotatable bonds is 0. The zero-order chi connectivity index (χ0) is 8.55. The molecule has 0 amide bonds. The van der Waals surface area contributed by atoms with Gasteiger partial charge in [0.15, 0.2) is 11.5 Å². The predicted octanol–water partition coefficient (Wildman–Crippen LogP) is 2.53. The van der Waals surface area contributed by atoms with Crippen LogP contribution in [-0.2, 0) is 0 Å². The van der Waals surface area contributed by atoms with Crippen molar-refractivity contribution < 1.29 is 9.47 Å². The van der Waals surface area contributed by atoms with Gasteiger partial charge < -0.3 is 9.47 Å². The summed E-state index contributed by atoms with van der Waals surface area (Å²) in [5, 5.41) is 0. The fourth-order valence-electron chi connectivity index (χ4n) is 1.23. The zero-order valence-corrected chi connectivity index (χ0v) is 8.35. The molecule has 0 bridgehead atoms. The molecule has 1 aromatic rings. The minimum absolute atomic E-state index is 0.643. The van der Waals surface area contributed by atoms with E-state index in [2.05, 4.69) is 15.9 Å². The quantitative estimate of drug-likeness (QED) is 0.680. The van der Waals surface area contributed by atoms with Crippen LogP contribution in [0.5, 0.6) is 11.5 Å². The standard InChI is InChI=1S/C9H9BrO2/c1-6-7(10)2-3-8-9(6)12-5-4-11-8/h2-3H,4-5H2,1H3. The largest absolute Gasteiger partial charge is 0.486 e. The van der Waals surface area contributed by atoms with Gasteiger partial charge in [0, 0.05) is 10.0 Å². The Kier molecular flexibility index (Phi) is 1.97. The van der Waals surface area contributed by atoms with Crippen molar-refractivity contribution >= 4 is 15.9 Å². The van der Waals surface area contributed by atoms with Crippen LogP contribution in [0.25, 0.3) is 0 Å². The van der Waals surface area contributed by atoms with Gasteiger partial charge >= 0.3 is 0 Å². The van der Waals surface area contributed by atoms with Gasteiger partial charge in [0.25, 0.3) is 0 Å². The van der Waals surface area contributed by atoms with Crippen molar-refractivity contribution in [3.05, 3.63) is 22.2 Å². The first-order chi connectivity index (χ1) is 5.79. The van der Waals surface area contributed by atoms with Gasteiger partial charge in [-0.15, -0.1) is 0 Å². The summed E-state index contributed by atoms with van der Waals surface area (Å²) >= 11 is 3.44. The van der Waals surface area contributed by atoms with Crippen LogP contribution in [0.3, 0.4) is 0 Å². The fraction of sp³-hybridized carbons (Fsp3) is 0.333. The van der Waals surface area contributed by atoms with E-state index in [4.69, 9.17) is 9.47 Å². The van der Waals surface area contributed by atoms with Gasteiger partial charge in [-0.3, -0.25) is 0 Å². The van der Waals surface area contributed by atoms with E-state index in [1.807, 2.05) is 19.1 Å². The molecule has 1 aliphatic heterocycles. The molecule has 0 atom stereocenters.